The zero-order chi connectivity index (χ0) is 48.6. The quantitative estimate of drug-likeness (QED) is 0.0296. The molecule has 2 aromatic carbocycles. The van der Waals surface area contributed by atoms with E-state index in [1.165, 1.54) is 38.5 Å². The summed E-state index contributed by atoms with van der Waals surface area (Å²) < 4.78 is 64.3. The summed E-state index contributed by atoms with van der Waals surface area (Å²) in [6.07, 6.45) is 35.8. The summed E-state index contributed by atoms with van der Waals surface area (Å²) in [5, 5.41) is 0.606. The Morgan fingerprint density at radius 2 is 0.951 bits per heavy atom. The number of rotatable bonds is 36. The molecule has 0 aliphatic carbocycles. The van der Waals surface area contributed by atoms with Crippen molar-refractivity contribution in [1.82, 2.24) is 0 Å². The first-order chi connectivity index (χ1) is 31.6. The topological polar surface area (TPSA) is 61.8 Å². The fourth-order valence-electron chi connectivity index (χ4n) is 7.32. The van der Waals surface area contributed by atoms with E-state index in [-0.39, 0.29) is 12.8 Å². The second-order valence-corrected chi connectivity index (χ2v) is 21.4. The lowest BCUT2D eigenvalue weighted by Crippen LogP contribution is -2.67. The molecule has 5 nitrogen and oxygen atoms in total. The van der Waals surface area contributed by atoms with Crippen molar-refractivity contribution in [1.29, 1.82) is 0 Å². The van der Waals surface area contributed by atoms with Gasteiger partial charge in [0.25, 0.3) is 8.32 Å². The van der Waals surface area contributed by atoms with Crippen molar-refractivity contribution in [2.24, 2.45) is 0 Å². The number of hydrogen-bond donors (Lipinski definition) is 0. The van der Waals surface area contributed by atoms with E-state index in [9.17, 15) is 13.7 Å². The van der Waals surface area contributed by atoms with E-state index in [2.05, 4.69) is 62.5 Å². The van der Waals surface area contributed by atoms with Gasteiger partial charge in [0, 0.05) is 12.8 Å². The van der Waals surface area contributed by atoms with Crippen LogP contribution in [0.5, 0.6) is 0 Å². The molecule has 340 valence electrons. The maximum Gasteiger partial charge on any atom is 0.306 e. The molecule has 0 aliphatic heterocycles. The molecule has 0 radical (unpaired) electrons. The lowest BCUT2D eigenvalue weighted by Gasteiger charge is -2.43. The van der Waals surface area contributed by atoms with Crippen LogP contribution in [0.2, 0.25) is 5.04 Å². The first-order valence-electron chi connectivity index (χ1n) is 26.4. The molecule has 0 bridgehead atoms. The third kappa shape index (κ3) is 24.7. The average molecular weight is 860 g/mol. The molecule has 0 spiro atoms. The van der Waals surface area contributed by atoms with Gasteiger partial charge in [-0.05, 0) is 92.5 Å². The Morgan fingerprint density at radius 3 is 1.38 bits per heavy atom. The summed E-state index contributed by atoms with van der Waals surface area (Å²) >= 11 is 0. The maximum absolute atomic E-state index is 13.6. The van der Waals surface area contributed by atoms with Gasteiger partial charge in [0.05, 0.1) is 13.4 Å². The molecular formula is C55H86O5Si. The minimum atomic E-state index is -3.79. The standard InChI is InChI=1S/C55H86O5Si/c1-6-8-10-12-14-16-18-20-22-24-26-28-30-32-40-46-53(56)58-48-50(60-54(57)47-41-33-31-29-27-25-23-21-19-17-15-13-11-9-7-2)49-59-61(55(3,4)5,51-42-36-34-37-43-51)52-44-38-35-39-45-52/h14-17,20-23,34-39,42-45,50H,6-13,18-19,24-33,40-41,46-49H2,1-5H3/b16-14-,17-15-,22-20-,23-21-/i48D2,49D2,50D. The highest BCUT2D eigenvalue weighted by molar-refractivity contribution is 6.99. The predicted octanol–water partition coefficient (Wildman–Crippen LogP) is 14.6. The van der Waals surface area contributed by atoms with Crippen molar-refractivity contribution in [3.63, 3.8) is 0 Å². The Hall–Kier alpha value is -3.48. The molecule has 1 unspecified atom stereocenters. The summed E-state index contributed by atoms with van der Waals surface area (Å²) in [5.74, 6) is -1.90. The van der Waals surface area contributed by atoms with E-state index in [0.29, 0.717) is 29.6 Å². The number of carbonyl (C=O) groups is 2. The van der Waals surface area contributed by atoms with Gasteiger partial charge in [-0.3, -0.25) is 9.59 Å². The molecule has 61 heavy (non-hydrogen) atoms. The van der Waals surface area contributed by atoms with Gasteiger partial charge in [0.2, 0.25) is 0 Å². The van der Waals surface area contributed by atoms with E-state index >= 15 is 0 Å². The van der Waals surface area contributed by atoms with Gasteiger partial charge in [-0.15, -0.1) is 0 Å². The first kappa shape index (κ1) is 45.5. The smallest absolute Gasteiger partial charge is 0.306 e. The summed E-state index contributed by atoms with van der Waals surface area (Å²) in [7, 11) is -3.79. The number of carbonyl (C=O) groups excluding carboxylic acids is 2. The molecule has 1 atom stereocenters. The highest BCUT2D eigenvalue weighted by atomic mass is 28.4. The first-order valence-corrected chi connectivity index (χ1v) is 25.8. The van der Waals surface area contributed by atoms with Gasteiger partial charge in [0.1, 0.15) is 6.56 Å². The Kier molecular flexibility index (Phi) is 26.2. The Morgan fingerprint density at radius 1 is 0.557 bits per heavy atom. The lowest BCUT2D eigenvalue weighted by atomic mass is 10.1. The number of hydrogen-bond acceptors (Lipinski definition) is 5. The third-order valence-electron chi connectivity index (χ3n) is 10.9. The number of esters is 2. The largest absolute Gasteiger partial charge is 0.462 e. The molecule has 6 heteroatoms. The van der Waals surface area contributed by atoms with Crippen LogP contribution in [0, 0.1) is 0 Å². The fourth-order valence-corrected chi connectivity index (χ4v) is 11.5. The molecule has 0 amide bonds. The Bertz CT molecular complexity index is 1680. The minimum absolute atomic E-state index is 0.126. The summed E-state index contributed by atoms with van der Waals surface area (Å²) in [6, 6.07) is 18.4. The van der Waals surface area contributed by atoms with Gasteiger partial charge in [0.15, 0.2) is 6.08 Å². The summed E-state index contributed by atoms with van der Waals surface area (Å²) in [5.41, 5.74) is 0. The van der Waals surface area contributed by atoms with Crippen molar-refractivity contribution in [2.45, 2.75) is 200 Å². The molecule has 0 saturated heterocycles. The van der Waals surface area contributed by atoms with Crippen LogP contribution in [-0.4, -0.2) is 39.5 Å². The van der Waals surface area contributed by atoms with Gasteiger partial charge < -0.3 is 13.9 Å². The average Bonchev–Trinajstić information content (AvgIpc) is 3.28. The van der Waals surface area contributed by atoms with E-state index in [1.807, 2.05) is 81.4 Å². The zero-order valence-electron chi connectivity index (χ0n) is 43.9. The molecule has 0 heterocycles. The van der Waals surface area contributed by atoms with Crippen LogP contribution >= 0.6 is 0 Å². The van der Waals surface area contributed by atoms with Crippen molar-refractivity contribution >= 4 is 30.6 Å². The van der Waals surface area contributed by atoms with Gasteiger partial charge >= 0.3 is 11.9 Å². The second kappa shape index (κ2) is 35.0. The SMILES string of the molecule is [2H]C([2H])(OC(=O)CCCCCCC/C=C\C/C=C\CCCCC)C([2H])(OC(=O)CCCCCCC/C=C\C/C=C\CCCCC)C([2H])([2H])O[Si](c1ccccc1)(c1ccccc1)C(C)(C)C. The fraction of sp³-hybridized carbons (Fsp3) is 0.600. The highest BCUT2D eigenvalue weighted by Gasteiger charge is 2.50. The van der Waals surface area contributed by atoms with Crippen molar-refractivity contribution in [3.8, 4) is 0 Å². The van der Waals surface area contributed by atoms with Gasteiger partial charge in [-0.25, -0.2) is 0 Å². The predicted molar refractivity (Wildman–Crippen MR) is 263 cm³/mol. The molecule has 2 aromatic rings. The van der Waals surface area contributed by atoms with Crippen LogP contribution in [-0.2, 0) is 23.5 Å². The molecule has 0 N–H and O–H groups in total. The number of allylic oxidation sites excluding steroid dienone is 8. The maximum atomic E-state index is 13.6. The zero-order valence-corrected chi connectivity index (χ0v) is 39.9. The van der Waals surface area contributed by atoms with Crippen LogP contribution in [0.15, 0.2) is 109 Å². The van der Waals surface area contributed by atoms with E-state index in [4.69, 9.17) is 16.6 Å². The summed E-state index contributed by atoms with van der Waals surface area (Å²) in [6.45, 7) is 3.47. The van der Waals surface area contributed by atoms with Crippen LogP contribution in [0.1, 0.15) is 196 Å². The van der Waals surface area contributed by atoms with Crippen LogP contribution in [0.25, 0.3) is 0 Å². The lowest BCUT2D eigenvalue weighted by molar-refractivity contribution is -0.161. The number of benzene rings is 2. The van der Waals surface area contributed by atoms with Crippen LogP contribution in [0.4, 0.5) is 0 Å². The van der Waals surface area contributed by atoms with Gasteiger partial charge in [-0.1, -0.05) is 208 Å². The molecule has 0 aliphatic rings. The highest BCUT2D eigenvalue weighted by Crippen LogP contribution is 2.37. The molecular weight excluding hydrogens is 769 g/mol. The number of unbranched alkanes of at least 4 members (excludes halogenated alkanes) is 16. The van der Waals surface area contributed by atoms with Crippen LogP contribution < -0.4 is 10.4 Å². The van der Waals surface area contributed by atoms with Gasteiger partial charge in [-0.2, -0.15) is 0 Å². The van der Waals surface area contributed by atoms with Crippen molar-refractivity contribution in [2.75, 3.05) is 13.1 Å². The molecule has 0 fully saturated rings. The van der Waals surface area contributed by atoms with E-state index < -0.39 is 44.5 Å². The molecule has 0 saturated carbocycles. The monoisotopic (exact) mass is 860 g/mol. The van der Waals surface area contributed by atoms with Crippen LogP contribution in [0.3, 0.4) is 0 Å². The summed E-state index contributed by atoms with van der Waals surface area (Å²) in [4.78, 5) is 26.9. The Labute approximate surface area is 382 Å². The molecule has 0 aromatic heterocycles. The van der Waals surface area contributed by atoms with Crippen molar-refractivity contribution in [3.05, 3.63) is 109 Å². The van der Waals surface area contributed by atoms with E-state index in [1.54, 1.807) is 0 Å². The molecule has 2 rings (SSSR count). The van der Waals surface area contributed by atoms with E-state index in [0.717, 1.165) is 83.5 Å². The minimum Gasteiger partial charge on any atom is -0.462 e. The number of ether oxygens (including phenoxy) is 2. The normalized spacial score (nSPS) is 15.1. The Balaban J connectivity index is 2.15. The third-order valence-corrected chi connectivity index (χ3v) is 15.7. The second-order valence-electron chi connectivity index (χ2n) is 17.2. The van der Waals surface area contributed by atoms with Crippen molar-refractivity contribution < 1.29 is 30.3 Å².